The average molecular weight is 479 g/mol. The van der Waals surface area contributed by atoms with Gasteiger partial charge in [-0.15, -0.1) is 5.10 Å². The first-order valence-electron chi connectivity index (χ1n) is 10.5. The van der Waals surface area contributed by atoms with Crippen molar-refractivity contribution in [3.05, 3.63) is 96.1 Å². The standard InChI is InChI=1S/C24H20F3N7O/c25-24(26,27)19-8-10-21(11-9-19)34-16-30-22(33-34)18-6-4-17(5-7-18)15-31-32-23(35)29-14-12-20-3-1-2-13-28-20/h1-11,13,15-16H,12,14H2,(H2,29,32,35)/b31-15+. The summed E-state index contributed by atoms with van der Waals surface area (Å²) >= 11 is 0. The second-order valence-electron chi connectivity index (χ2n) is 7.38. The quantitative estimate of drug-likeness (QED) is 0.306. The Morgan fingerprint density at radius 1 is 1.00 bits per heavy atom. The van der Waals surface area contributed by atoms with E-state index in [4.69, 9.17) is 0 Å². The Morgan fingerprint density at radius 2 is 1.77 bits per heavy atom. The zero-order valence-electron chi connectivity index (χ0n) is 18.3. The maximum atomic E-state index is 12.7. The third-order valence-electron chi connectivity index (χ3n) is 4.89. The first-order valence-corrected chi connectivity index (χ1v) is 10.5. The number of pyridine rings is 1. The van der Waals surface area contributed by atoms with Crippen LogP contribution in [0.3, 0.4) is 0 Å². The minimum absolute atomic E-state index is 0.416. The van der Waals surface area contributed by atoms with Gasteiger partial charge in [-0.3, -0.25) is 4.98 Å². The molecule has 0 unspecified atom stereocenters. The van der Waals surface area contributed by atoms with Gasteiger partial charge in [-0.1, -0.05) is 30.3 Å². The zero-order chi connectivity index (χ0) is 24.7. The number of nitrogens with one attached hydrogen (secondary N) is 2. The van der Waals surface area contributed by atoms with Gasteiger partial charge >= 0.3 is 12.2 Å². The molecule has 178 valence electrons. The number of urea groups is 1. The number of hydrogen-bond acceptors (Lipinski definition) is 5. The third kappa shape index (κ3) is 6.50. The summed E-state index contributed by atoms with van der Waals surface area (Å²) in [5, 5.41) is 10.9. The summed E-state index contributed by atoms with van der Waals surface area (Å²) in [5.74, 6) is 0.416. The lowest BCUT2D eigenvalue weighted by molar-refractivity contribution is -0.137. The summed E-state index contributed by atoms with van der Waals surface area (Å²) in [7, 11) is 0. The number of carbonyl (C=O) groups is 1. The Morgan fingerprint density at radius 3 is 2.46 bits per heavy atom. The molecule has 4 rings (SSSR count). The van der Waals surface area contributed by atoms with Crippen LogP contribution in [-0.2, 0) is 12.6 Å². The fourth-order valence-corrected chi connectivity index (χ4v) is 3.10. The molecule has 0 radical (unpaired) electrons. The summed E-state index contributed by atoms with van der Waals surface area (Å²) in [4.78, 5) is 20.2. The van der Waals surface area contributed by atoms with Crippen LogP contribution in [0.15, 0.2) is 84.4 Å². The summed E-state index contributed by atoms with van der Waals surface area (Å²) < 4.78 is 39.6. The summed E-state index contributed by atoms with van der Waals surface area (Å²) in [5.41, 5.74) is 4.48. The fraction of sp³-hybridized carbons (Fsp3) is 0.125. The molecule has 2 aromatic carbocycles. The van der Waals surface area contributed by atoms with Gasteiger partial charge in [0.05, 0.1) is 17.5 Å². The molecule has 2 aromatic heterocycles. The fourth-order valence-electron chi connectivity index (χ4n) is 3.10. The topological polar surface area (TPSA) is 97.1 Å². The highest BCUT2D eigenvalue weighted by atomic mass is 19.4. The first-order chi connectivity index (χ1) is 16.9. The summed E-state index contributed by atoms with van der Waals surface area (Å²) in [6.07, 6.45) is 0.852. The van der Waals surface area contributed by atoms with Crippen LogP contribution in [0.4, 0.5) is 18.0 Å². The van der Waals surface area contributed by atoms with E-state index in [1.54, 1.807) is 30.5 Å². The molecule has 0 aliphatic heterocycles. The van der Waals surface area contributed by atoms with Gasteiger partial charge in [0.25, 0.3) is 0 Å². The smallest absolute Gasteiger partial charge is 0.336 e. The number of rotatable bonds is 7. The predicted octanol–water partition coefficient (Wildman–Crippen LogP) is 4.22. The van der Waals surface area contributed by atoms with E-state index >= 15 is 0 Å². The van der Waals surface area contributed by atoms with Gasteiger partial charge in [-0.2, -0.15) is 18.3 Å². The maximum absolute atomic E-state index is 12.7. The lowest BCUT2D eigenvalue weighted by Gasteiger charge is -2.07. The van der Waals surface area contributed by atoms with E-state index in [2.05, 4.69) is 30.9 Å². The Hall–Kier alpha value is -4.54. The largest absolute Gasteiger partial charge is 0.416 e. The molecule has 0 bridgehead atoms. The molecule has 0 saturated heterocycles. The van der Waals surface area contributed by atoms with Crippen molar-refractivity contribution < 1.29 is 18.0 Å². The summed E-state index contributed by atoms with van der Waals surface area (Å²) in [6.45, 7) is 0.430. The van der Waals surface area contributed by atoms with Crippen LogP contribution >= 0.6 is 0 Å². The molecule has 2 amide bonds. The lowest BCUT2D eigenvalue weighted by atomic mass is 10.1. The molecule has 11 heteroatoms. The molecule has 8 nitrogen and oxygen atoms in total. The highest BCUT2D eigenvalue weighted by Gasteiger charge is 2.30. The Labute approximate surface area is 198 Å². The van der Waals surface area contributed by atoms with Crippen molar-refractivity contribution in [2.75, 3.05) is 6.54 Å². The second kappa shape index (κ2) is 10.6. The van der Waals surface area contributed by atoms with Gasteiger partial charge in [0.2, 0.25) is 0 Å². The molecule has 0 spiro atoms. The number of nitrogens with zero attached hydrogens (tertiary/aromatic N) is 5. The minimum Gasteiger partial charge on any atom is -0.336 e. The third-order valence-corrected chi connectivity index (χ3v) is 4.89. The maximum Gasteiger partial charge on any atom is 0.416 e. The normalized spacial score (nSPS) is 11.5. The van der Waals surface area contributed by atoms with Crippen molar-refractivity contribution in [1.82, 2.24) is 30.5 Å². The molecule has 35 heavy (non-hydrogen) atoms. The zero-order valence-corrected chi connectivity index (χ0v) is 18.3. The molecule has 0 aliphatic rings. The van der Waals surface area contributed by atoms with Crippen molar-refractivity contribution in [2.24, 2.45) is 5.10 Å². The lowest BCUT2D eigenvalue weighted by Crippen LogP contribution is -2.33. The Bertz CT molecular complexity index is 1290. The van der Waals surface area contributed by atoms with E-state index in [0.717, 1.165) is 23.4 Å². The first kappa shape index (κ1) is 23.6. The van der Waals surface area contributed by atoms with Crippen molar-refractivity contribution in [3.8, 4) is 17.1 Å². The van der Waals surface area contributed by atoms with Crippen molar-refractivity contribution >= 4 is 12.2 Å². The van der Waals surface area contributed by atoms with Crippen LogP contribution in [0.1, 0.15) is 16.8 Å². The number of hydrazone groups is 1. The average Bonchev–Trinajstić information content (AvgIpc) is 3.35. The molecule has 0 atom stereocenters. The van der Waals surface area contributed by atoms with Crippen LogP contribution < -0.4 is 10.7 Å². The minimum atomic E-state index is -4.39. The van der Waals surface area contributed by atoms with E-state index in [1.165, 1.54) is 29.4 Å². The van der Waals surface area contributed by atoms with Crippen LogP contribution in [0.25, 0.3) is 17.1 Å². The number of hydrogen-bond donors (Lipinski definition) is 2. The van der Waals surface area contributed by atoms with Gasteiger partial charge in [0, 0.05) is 30.4 Å². The van der Waals surface area contributed by atoms with Crippen molar-refractivity contribution in [2.45, 2.75) is 12.6 Å². The number of alkyl halides is 3. The highest BCUT2D eigenvalue weighted by molar-refractivity contribution is 5.82. The van der Waals surface area contributed by atoms with Crippen LogP contribution in [0.5, 0.6) is 0 Å². The molecular weight excluding hydrogens is 459 g/mol. The number of halogens is 3. The molecule has 0 saturated carbocycles. The van der Waals surface area contributed by atoms with Crippen molar-refractivity contribution in [1.29, 1.82) is 0 Å². The SMILES string of the molecule is O=C(NCCc1ccccn1)N/N=C/c1ccc(-c2ncn(-c3ccc(C(F)(F)F)cc3)n2)cc1. The predicted molar refractivity (Wildman–Crippen MR) is 124 cm³/mol. The van der Waals surface area contributed by atoms with Gasteiger partial charge in [-0.05, 0) is 42.0 Å². The number of aromatic nitrogens is 4. The van der Waals surface area contributed by atoms with Crippen LogP contribution in [-0.4, -0.2) is 38.5 Å². The van der Waals surface area contributed by atoms with Gasteiger partial charge < -0.3 is 5.32 Å². The highest BCUT2D eigenvalue weighted by Crippen LogP contribution is 2.29. The Balaban J connectivity index is 1.29. The van der Waals surface area contributed by atoms with E-state index in [0.29, 0.717) is 30.0 Å². The monoisotopic (exact) mass is 479 g/mol. The van der Waals surface area contributed by atoms with E-state index in [1.807, 2.05) is 18.2 Å². The van der Waals surface area contributed by atoms with E-state index in [-0.39, 0.29) is 0 Å². The summed E-state index contributed by atoms with van der Waals surface area (Å²) in [6, 6.07) is 17.0. The van der Waals surface area contributed by atoms with Crippen LogP contribution in [0.2, 0.25) is 0 Å². The molecule has 2 N–H and O–H groups in total. The number of amides is 2. The van der Waals surface area contributed by atoms with E-state index in [9.17, 15) is 18.0 Å². The van der Waals surface area contributed by atoms with Gasteiger partial charge in [0.1, 0.15) is 6.33 Å². The van der Waals surface area contributed by atoms with Gasteiger partial charge in [-0.25, -0.2) is 19.9 Å². The molecular formula is C24H20F3N7O. The molecule has 4 aromatic rings. The Kier molecular flexibility index (Phi) is 7.15. The van der Waals surface area contributed by atoms with Crippen LogP contribution in [0, 0.1) is 0 Å². The number of benzene rings is 2. The molecule has 2 heterocycles. The van der Waals surface area contributed by atoms with Crippen molar-refractivity contribution in [3.63, 3.8) is 0 Å². The van der Waals surface area contributed by atoms with Gasteiger partial charge in [0.15, 0.2) is 5.82 Å². The molecule has 0 fully saturated rings. The van der Waals surface area contributed by atoms with E-state index < -0.39 is 17.8 Å². The molecule has 0 aliphatic carbocycles. The number of carbonyl (C=O) groups excluding carboxylic acids is 1. The second-order valence-corrected chi connectivity index (χ2v) is 7.38.